The molecule has 0 radical (unpaired) electrons. The fourth-order valence-corrected chi connectivity index (χ4v) is 3.42. The Balaban J connectivity index is 1.66. The first-order chi connectivity index (χ1) is 14.4. The van der Waals surface area contributed by atoms with Crippen molar-refractivity contribution in [3.63, 3.8) is 0 Å². The number of nitrogens with one attached hydrogen (secondary N) is 1. The highest BCUT2D eigenvalue weighted by Crippen LogP contribution is 2.30. The monoisotopic (exact) mass is 408 g/mol. The fourth-order valence-electron chi connectivity index (χ4n) is 3.42. The van der Waals surface area contributed by atoms with Crippen molar-refractivity contribution in [1.29, 1.82) is 0 Å². The SMILES string of the molecule is CCc1cc2oc(=O)n(C)c2cc1-c1ccc(NC(=O)c2c(F)cccc2F)cc1. The maximum Gasteiger partial charge on any atom is 0.419 e. The van der Waals surface area contributed by atoms with Crippen molar-refractivity contribution < 1.29 is 18.0 Å². The van der Waals surface area contributed by atoms with E-state index in [1.807, 2.05) is 19.1 Å². The van der Waals surface area contributed by atoms with E-state index >= 15 is 0 Å². The number of carbonyl (C=O) groups excluding carboxylic acids is 1. The molecule has 0 bridgehead atoms. The molecular weight excluding hydrogens is 390 g/mol. The van der Waals surface area contributed by atoms with Gasteiger partial charge in [-0.15, -0.1) is 0 Å². The van der Waals surface area contributed by atoms with E-state index in [1.54, 1.807) is 31.3 Å². The van der Waals surface area contributed by atoms with Crippen molar-refractivity contribution in [2.24, 2.45) is 7.05 Å². The summed E-state index contributed by atoms with van der Waals surface area (Å²) < 4.78 is 34.3. The third kappa shape index (κ3) is 3.39. The minimum atomic E-state index is -0.921. The molecule has 0 unspecified atom stereocenters. The van der Waals surface area contributed by atoms with E-state index in [4.69, 9.17) is 4.42 Å². The quantitative estimate of drug-likeness (QED) is 0.523. The lowest BCUT2D eigenvalue weighted by Crippen LogP contribution is -2.15. The van der Waals surface area contributed by atoms with Crippen molar-refractivity contribution in [3.8, 4) is 11.1 Å². The average molecular weight is 408 g/mol. The largest absolute Gasteiger partial charge is 0.419 e. The van der Waals surface area contributed by atoms with Gasteiger partial charge in [0.15, 0.2) is 5.58 Å². The molecule has 1 N–H and O–H groups in total. The van der Waals surface area contributed by atoms with Crippen LogP contribution in [0.2, 0.25) is 0 Å². The van der Waals surface area contributed by atoms with Gasteiger partial charge in [-0.3, -0.25) is 9.36 Å². The molecule has 4 aromatic rings. The number of aromatic nitrogens is 1. The van der Waals surface area contributed by atoms with Crippen LogP contribution < -0.4 is 11.1 Å². The van der Waals surface area contributed by atoms with Crippen LogP contribution in [0.1, 0.15) is 22.8 Å². The van der Waals surface area contributed by atoms with Gasteiger partial charge in [0, 0.05) is 12.7 Å². The van der Waals surface area contributed by atoms with Crippen LogP contribution in [0.5, 0.6) is 0 Å². The van der Waals surface area contributed by atoms with Crippen molar-refractivity contribution >= 4 is 22.7 Å². The Hall–Kier alpha value is -3.74. The van der Waals surface area contributed by atoms with E-state index < -0.39 is 28.9 Å². The van der Waals surface area contributed by atoms with Gasteiger partial charge >= 0.3 is 5.76 Å². The topological polar surface area (TPSA) is 64.2 Å². The summed E-state index contributed by atoms with van der Waals surface area (Å²) in [5.74, 6) is -3.13. The third-order valence-corrected chi connectivity index (χ3v) is 5.04. The van der Waals surface area contributed by atoms with E-state index in [-0.39, 0.29) is 0 Å². The zero-order valence-corrected chi connectivity index (χ0v) is 16.3. The number of anilines is 1. The molecule has 3 aromatic carbocycles. The van der Waals surface area contributed by atoms with Gasteiger partial charge in [-0.2, -0.15) is 0 Å². The third-order valence-electron chi connectivity index (χ3n) is 5.04. The van der Waals surface area contributed by atoms with Crippen molar-refractivity contribution in [2.45, 2.75) is 13.3 Å². The molecule has 0 atom stereocenters. The molecule has 0 aliphatic carbocycles. The number of aryl methyl sites for hydroxylation is 2. The highest BCUT2D eigenvalue weighted by Gasteiger charge is 2.17. The molecule has 30 heavy (non-hydrogen) atoms. The van der Waals surface area contributed by atoms with Crippen molar-refractivity contribution in [1.82, 2.24) is 4.57 Å². The molecule has 0 saturated carbocycles. The van der Waals surface area contributed by atoms with Crippen LogP contribution in [0.3, 0.4) is 0 Å². The number of halogens is 2. The van der Waals surface area contributed by atoms with Crippen LogP contribution >= 0.6 is 0 Å². The minimum Gasteiger partial charge on any atom is -0.408 e. The molecule has 1 aromatic heterocycles. The van der Waals surface area contributed by atoms with Crippen LogP contribution in [0.25, 0.3) is 22.2 Å². The van der Waals surface area contributed by atoms with Crippen LogP contribution in [-0.2, 0) is 13.5 Å². The summed E-state index contributed by atoms with van der Waals surface area (Å²) >= 11 is 0. The standard InChI is InChI=1S/C23H18F2N2O3/c1-3-13-11-20-19(27(2)23(29)30-20)12-16(13)14-7-9-15(10-8-14)26-22(28)21-17(24)5-4-6-18(21)25/h4-12H,3H2,1-2H3,(H,26,28). The zero-order valence-electron chi connectivity index (χ0n) is 16.3. The molecule has 0 aliphatic rings. The second-order valence-electron chi connectivity index (χ2n) is 6.89. The molecular formula is C23H18F2N2O3. The molecule has 0 fully saturated rings. The van der Waals surface area contributed by atoms with Crippen molar-refractivity contribution in [3.05, 3.63) is 87.9 Å². The molecule has 1 heterocycles. The van der Waals surface area contributed by atoms with Gasteiger partial charge in [0.05, 0.1) is 5.52 Å². The lowest BCUT2D eigenvalue weighted by molar-refractivity contribution is 0.101. The Labute approximate surface area is 170 Å². The summed E-state index contributed by atoms with van der Waals surface area (Å²) in [4.78, 5) is 24.1. The van der Waals surface area contributed by atoms with Gasteiger partial charge in [-0.05, 0) is 59.5 Å². The normalized spacial score (nSPS) is 11.1. The number of rotatable bonds is 4. The van der Waals surface area contributed by atoms with Gasteiger partial charge < -0.3 is 9.73 Å². The number of hydrogen-bond donors (Lipinski definition) is 1. The maximum atomic E-state index is 13.8. The number of hydrogen-bond acceptors (Lipinski definition) is 3. The van der Waals surface area contributed by atoms with Crippen LogP contribution in [0.4, 0.5) is 14.5 Å². The Kier molecular flexibility index (Phi) is 4.95. The summed E-state index contributed by atoms with van der Waals surface area (Å²) in [6.07, 6.45) is 0.731. The molecule has 0 spiro atoms. The summed E-state index contributed by atoms with van der Waals surface area (Å²) in [5.41, 5.74) is 3.79. The van der Waals surface area contributed by atoms with E-state index in [1.165, 1.54) is 10.6 Å². The Morgan fingerprint density at radius 2 is 1.73 bits per heavy atom. The first-order valence-corrected chi connectivity index (χ1v) is 9.37. The fraction of sp³-hybridized carbons (Fsp3) is 0.130. The highest BCUT2D eigenvalue weighted by molar-refractivity contribution is 6.04. The second kappa shape index (κ2) is 7.59. The maximum absolute atomic E-state index is 13.8. The van der Waals surface area contributed by atoms with E-state index in [0.717, 1.165) is 35.2 Å². The zero-order chi connectivity index (χ0) is 21.4. The van der Waals surface area contributed by atoms with Crippen LogP contribution in [-0.4, -0.2) is 10.5 Å². The Morgan fingerprint density at radius 1 is 1.07 bits per heavy atom. The van der Waals surface area contributed by atoms with Crippen LogP contribution in [0, 0.1) is 11.6 Å². The number of oxazole rings is 1. The lowest BCUT2D eigenvalue weighted by atomic mass is 9.97. The lowest BCUT2D eigenvalue weighted by Gasteiger charge is -2.11. The predicted molar refractivity (Wildman–Crippen MR) is 111 cm³/mol. The first-order valence-electron chi connectivity index (χ1n) is 9.37. The van der Waals surface area contributed by atoms with Crippen LogP contribution in [0.15, 0.2) is 63.8 Å². The summed E-state index contributed by atoms with van der Waals surface area (Å²) in [6.45, 7) is 2.00. The number of carbonyl (C=O) groups is 1. The molecule has 5 nitrogen and oxygen atoms in total. The van der Waals surface area contributed by atoms with Gasteiger partial charge in [0.2, 0.25) is 0 Å². The molecule has 4 rings (SSSR count). The molecule has 152 valence electrons. The molecule has 1 amide bonds. The van der Waals surface area contributed by atoms with Gasteiger partial charge in [0.25, 0.3) is 5.91 Å². The van der Waals surface area contributed by atoms with E-state index in [0.29, 0.717) is 16.8 Å². The number of amides is 1. The Morgan fingerprint density at radius 3 is 2.37 bits per heavy atom. The van der Waals surface area contributed by atoms with Gasteiger partial charge in [-0.25, -0.2) is 13.6 Å². The number of fused-ring (bicyclic) bond motifs is 1. The smallest absolute Gasteiger partial charge is 0.408 e. The average Bonchev–Trinajstić information content (AvgIpc) is 3.00. The predicted octanol–water partition coefficient (Wildman–Crippen LogP) is 4.89. The van der Waals surface area contributed by atoms with E-state index in [2.05, 4.69) is 5.32 Å². The summed E-state index contributed by atoms with van der Waals surface area (Å²) in [6, 6.07) is 13.9. The van der Waals surface area contributed by atoms with E-state index in [9.17, 15) is 18.4 Å². The number of nitrogens with zero attached hydrogens (tertiary/aromatic N) is 1. The second-order valence-corrected chi connectivity index (χ2v) is 6.89. The molecule has 0 saturated heterocycles. The first kappa shape index (κ1) is 19.6. The molecule has 7 heteroatoms. The molecule has 0 aliphatic heterocycles. The number of benzene rings is 3. The summed E-state index contributed by atoms with van der Waals surface area (Å²) in [7, 11) is 1.64. The minimum absolute atomic E-state index is 0.404. The Bertz CT molecular complexity index is 1300. The highest BCUT2D eigenvalue weighted by atomic mass is 19.1. The van der Waals surface area contributed by atoms with Gasteiger partial charge in [0.1, 0.15) is 17.2 Å². The van der Waals surface area contributed by atoms with Gasteiger partial charge in [-0.1, -0.05) is 25.1 Å². The summed E-state index contributed by atoms with van der Waals surface area (Å²) in [5, 5.41) is 2.51. The van der Waals surface area contributed by atoms with Crippen molar-refractivity contribution in [2.75, 3.05) is 5.32 Å².